The standard InChI is InChI=1S/C25H23FN4O5/c1-15(29-30-25(33)24(32)28-19-10-7-16(8-11-19)23(27)31)17-9-12-21(22(13-17)34-2)35-14-18-5-3-4-6-20(18)26/h3-13H,14H2,1-2H3,(H2,27,31)(H,28,32)(H,30,33)/b29-15+. The van der Waals surface area contributed by atoms with Gasteiger partial charge in [0.25, 0.3) is 0 Å². The maximum atomic E-state index is 13.8. The van der Waals surface area contributed by atoms with Crippen molar-refractivity contribution in [2.45, 2.75) is 13.5 Å². The molecule has 3 rings (SSSR count). The second kappa shape index (κ2) is 11.4. The molecular formula is C25H23FN4O5. The summed E-state index contributed by atoms with van der Waals surface area (Å²) < 4.78 is 24.8. The predicted octanol–water partition coefficient (Wildman–Crippen LogP) is 2.99. The number of benzene rings is 3. The van der Waals surface area contributed by atoms with Gasteiger partial charge in [-0.15, -0.1) is 0 Å². The summed E-state index contributed by atoms with van der Waals surface area (Å²) >= 11 is 0. The summed E-state index contributed by atoms with van der Waals surface area (Å²) in [5, 5.41) is 6.35. The lowest BCUT2D eigenvalue weighted by atomic mass is 10.1. The van der Waals surface area contributed by atoms with Gasteiger partial charge in [-0.1, -0.05) is 18.2 Å². The number of nitrogens with one attached hydrogen (secondary N) is 2. The third kappa shape index (κ3) is 6.64. The number of carbonyl (C=O) groups is 3. The molecule has 0 bridgehead atoms. The predicted molar refractivity (Wildman–Crippen MR) is 128 cm³/mol. The van der Waals surface area contributed by atoms with Crippen molar-refractivity contribution in [3.05, 3.63) is 89.2 Å². The largest absolute Gasteiger partial charge is 0.493 e. The minimum absolute atomic E-state index is 0.0197. The zero-order valence-corrected chi connectivity index (χ0v) is 19.0. The first kappa shape index (κ1) is 24.9. The molecule has 0 aliphatic carbocycles. The Morgan fingerprint density at radius 1 is 0.943 bits per heavy atom. The van der Waals surface area contributed by atoms with Crippen molar-refractivity contribution >= 4 is 29.1 Å². The fourth-order valence-corrected chi connectivity index (χ4v) is 2.94. The van der Waals surface area contributed by atoms with Gasteiger partial charge in [0.15, 0.2) is 11.5 Å². The second-order valence-electron chi connectivity index (χ2n) is 7.28. The van der Waals surface area contributed by atoms with Gasteiger partial charge in [0, 0.05) is 22.4 Å². The van der Waals surface area contributed by atoms with E-state index in [1.54, 1.807) is 43.3 Å². The van der Waals surface area contributed by atoms with E-state index in [4.69, 9.17) is 15.2 Å². The average molecular weight is 478 g/mol. The van der Waals surface area contributed by atoms with E-state index in [1.165, 1.54) is 37.4 Å². The van der Waals surface area contributed by atoms with Crippen LogP contribution in [0.1, 0.15) is 28.4 Å². The highest BCUT2D eigenvalue weighted by atomic mass is 19.1. The second-order valence-corrected chi connectivity index (χ2v) is 7.28. The third-order valence-electron chi connectivity index (χ3n) is 4.88. The fraction of sp³-hybridized carbons (Fsp3) is 0.120. The van der Waals surface area contributed by atoms with Crippen LogP contribution in [0.5, 0.6) is 11.5 Å². The van der Waals surface area contributed by atoms with E-state index in [0.29, 0.717) is 34.0 Å². The van der Waals surface area contributed by atoms with Gasteiger partial charge in [-0.25, -0.2) is 9.82 Å². The van der Waals surface area contributed by atoms with Gasteiger partial charge >= 0.3 is 11.8 Å². The van der Waals surface area contributed by atoms with E-state index in [-0.39, 0.29) is 18.0 Å². The van der Waals surface area contributed by atoms with Crippen molar-refractivity contribution in [1.82, 2.24) is 5.43 Å². The molecule has 0 radical (unpaired) electrons. The van der Waals surface area contributed by atoms with Crippen molar-refractivity contribution in [1.29, 1.82) is 0 Å². The van der Waals surface area contributed by atoms with E-state index in [0.717, 1.165) is 0 Å². The Morgan fingerprint density at radius 3 is 2.29 bits per heavy atom. The van der Waals surface area contributed by atoms with E-state index in [9.17, 15) is 18.8 Å². The Hall–Kier alpha value is -4.73. The number of nitrogens with two attached hydrogens (primary N) is 1. The Kier molecular flexibility index (Phi) is 8.12. The first-order chi connectivity index (χ1) is 16.8. The summed E-state index contributed by atoms with van der Waals surface area (Å²) in [6.07, 6.45) is 0. The average Bonchev–Trinajstić information content (AvgIpc) is 2.86. The summed E-state index contributed by atoms with van der Waals surface area (Å²) in [4.78, 5) is 35.3. The molecule has 3 aromatic rings. The molecule has 180 valence electrons. The quantitative estimate of drug-likeness (QED) is 0.260. The third-order valence-corrected chi connectivity index (χ3v) is 4.88. The Morgan fingerprint density at radius 2 is 1.63 bits per heavy atom. The van der Waals surface area contributed by atoms with Crippen LogP contribution in [0, 0.1) is 5.82 Å². The van der Waals surface area contributed by atoms with Crippen LogP contribution in [-0.4, -0.2) is 30.5 Å². The van der Waals surface area contributed by atoms with Crippen molar-refractivity contribution in [3.8, 4) is 11.5 Å². The molecule has 0 aromatic heterocycles. The number of ether oxygens (including phenoxy) is 2. The molecular weight excluding hydrogens is 455 g/mol. The van der Waals surface area contributed by atoms with Crippen molar-refractivity contribution in [2.24, 2.45) is 10.8 Å². The van der Waals surface area contributed by atoms with Crippen LogP contribution >= 0.6 is 0 Å². The lowest BCUT2D eigenvalue weighted by molar-refractivity contribution is -0.136. The van der Waals surface area contributed by atoms with Crippen LogP contribution in [0.4, 0.5) is 10.1 Å². The molecule has 35 heavy (non-hydrogen) atoms. The number of anilines is 1. The number of hydrazone groups is 1. The highest BCUT2D eigenvalue weighted by Gasteiger charge is 2.14. The minimum atomic E-state index is -0.986. The van der Waals surface area contributed by atoms with Crippen LogP contribution in [0.25, 0.3) is 0 Å². The zero-order valence-electron chi connectivity index (χ0n) is 19.0. The van der Waals surface area contributed by atoms with Crippen molar-refractivity contribution < 1.29 is 28.2 Å². The minimum Gasteiger partial charge on any atom is -0.493 e. The smallest absolute Gasteiger partial charge is 0.329 e. The molecule has 10 heteroatoms. The van der Waals surface area contributed by atoms with E-state index in [1.807, 2.05) is 0 Å². The number of nitrogens with zero attached hydrogens (tertiary/aromatic N) is 1. The molecule has 0 atom stereocenters. The number of methoxy groups -OCH3 is 1. The zero-order chi connectivity index (χ0) is 25.4. The number of halogens is 1. The van der Waals surface area contributed by atoms with Gasteiger partial charge in [-0.05, 0) is 55.5 Å². The SMILES string of the molecule is COc1cc(/C(C)=N/NC(=O)C(=O)Nc2ccc(C(N)=O)cc2)ccc1OCc1ccccc1F. The fourth-order valence-electron chi connectivity index (χ4n) is 2.94. The molecule has 0 unspecified atom stereocenters. The highest BCUT2D eigenvalue weighted by Crippen LogP contribution is 2.29. The lowest BCUT2D eigenvalue weighted by Gasteiger charge is -2.13. The summed E-state index contributed by atoms with van der Waals surface area (Å²) in [6, 6.07) is 17.0. The highest BCUT2D eigenvalue weighted by molar-refractivity contribution is 6.39. The van der Waals surface area contributed by atoms with Crippen LogP contribution in [0.15, 0.2) is 71.8 Å². The van der Waals surface area contributed by atoms with Crippen LogP contribution < -0.4 is 25.9 Å². The van der Waals surface area contributed by atoms with Gasteiger partial charge < -0.3 is 20.5 Å². The first-order valence-corrected chi connectivity index (χ1v) is 10.4. The number of carbonyl (C=O) groups excluding carboxylic acids is 3. The molecule has 3 amide bonds. The monoisotopic (exact) mass is 478 g/mol. The molecule has 0 fully saturated rings. The van der Waals surface area contributed by atoms with Gasteiger partial charge in [-0.3, -0.25) is 14.4 Å². The molecule has 0 spiro atoms. The topological polar surface area (TPSA) is 132 Å². The molecule has 0 saturated carbocycles. The normalized spacial score (nSPS) is 10.9. The summed E-state index contributed by atoms with van der Waals surface area (Å²) in [5.74, 6) is -2.11. The van der Waals surface area contributed by atoms with E-state index >= 15 is 0 Å². The van der Waals surface area contributed by atoms with Gasteiger partial charge in [-0.2, -0.15) is 5.10 Å². The van der Waals surface area contributed by atoms with Crippen LogP contribution in [0.2, 0.25) is 0 Å². The van der Waals surface area contributed by atoms with Gasteiger partial charge in [0.2, 0.25) is 5.91 Å². The van der Waals surface area contributed by atoms with E-state index < -0.39 is 17.7 Å². The Balaban J connectivity index is 1.61. The summed E-state index contributed by atoms with van der Waals surface area (Å²) in [5.41, 5.74) is 9.34. The summed E-state index contributed by atoms with van der Waals surface area (Å²) in [6.45, 7) is 1.65. The first-order valence-electron chi connectivity index (χ1n) is 10.4. The Bertz CT molecular complexity index is 1280. The summed E-state index contributed by atoms with van der Waals surface area (Å²) in [7, 11) is 1.46. The number of hydrogen-bond donors (Lipinski definition) is 3. The molecule has 0 aliphatic rings. The van der Waals surface area contributed by atoms with Gasteiger partial charge in [0.05, 0.1) is 12.8 Å². The molecule has 9 nitrogen and oxygen atoms in total. The lowest BCUT2D eigenvalue weighted by Crippen LogP contribution is -2.33. The number of primary amides is 1. The van der Waals surface area contributed by atoms with Crippen LogP contribution in [0.3, 0.4) is 0 Å². The number of amides is 3. The number of hydrogen-bond acceptors (Lipinski definition) is 6. The van der Waals surface area contributed by atoms with Crippen molar-refractivity contribution in [2.75, 3.05) is 12.4 Å². The molecule has 0 aliphatic heterocycles. The molecule has 0 saturated heterocycles. The molecule has 4 N–H and O–H groups in total. The van der Waals surface area contributed by atoms with Crippen molar-refractivity contribution in [3.63, 3.8) is 0 Å². The van der Waals surface area contributed by atoms with Crippen LogP contribution in [-0.2, 0) is 16.2 Å². The number of rotatable bonds is 8. The Labute approximate surface area is 200 Å². The van der Waals surface area contributed by atoms with E-state index in [2.05, 4.69) is 15.8 Å². The molecule has 3 aromatic carbocycles. The maximum Gasteiger partial charge on any atom is 0.329 e. The molecule has 0 heterocycles. The maximum absolute atomic E-state index is 13.8. The van der Waals surface area contributed by atoms with Gasteiger partial charge in [0.1, 0.15) is 12.4 Å².